The van der Waals surface area contributed by atoms with Gasteiger partial charge in [-0.1, -0.05) is 66.7 Å². The molecule has 4 heteroatoms. The maximum Gasteiger partial charge on any atom is 0.227 e. The molecule has 3 aromatic heterocycles. The number of hydrogen-bond donors (Lipinski definition) is 0. The number of para-hydroxylation sites is 5. The van der Waals surface area contributed by atoms with Crippen LogP contribution < -0.4 is 0 Å². The number of oxazole rings is 1. The van der Waals surface area contributed by atoms with Crippen molar-refractivity contribution in [3.8, 4) is 22.8 Å². The number of aromatic nitrogens is 3. The van der Waals surface area contributed by atoms with Crippen LogP contribution in [0.15, 0.2) is 144 Å². The van der Waals surface area contributed by atoms with Crippen LogP contribution in [0.4, 0.5) is 0 Å². The Morgan fingerprint density at radius 2 is 1.00 bits per heavy atom. The number of hydrogen-bond acceptors (Lipinski definition) is 2. The summed E-state index contributed by atoms with van der Waals surface area (Å²) in [5.41, 5.74) is 9.63. The van der Waals surface area contributed by atoms with Gasteiger partial charge < -0.3 is 13.6 Å². The van der Waals surface area contributed by atoms with Crippen LogP contribution in [-0.2, 0) is 0 Å². The van der Waals surface area contributed by atoms with Crippen molar-refractivity contribution in [1.82, 2.24) is 14.1 Å². The Morgan fingerprint density at radius 3 is 1.66 bits per heavy atom. The lowest BCUT2D eigenvalue weighted by molar-refractivity contribution is 0.620. The van der Waals surface area contributed by atoms with E-state index < -0.39 is 0 Å². The van der Waals surface area contributed by atoms with Gasteiger partial charge in [0.1, 0.15) is 5.52 Å². The summed E-state index contributed by atoms with van der Waals surface area (Å²) in [5, 5.41) is 5.00. The molecule has 6 aromatic carbocycles. The zero-order chi connectivity index (χ0) is 26.9. The lowest BCUT2D eigenvalue weighted by atomic mass is 10.1. The quantitative estimate of drug-likeness (QED) is 0.230. The first-order valence-corrected chi connectivity index (χ1v) is 13.8. The van der Waals surface area contributed by atoms with E-state index in [0.717, 1.165) is 28.0 Å². The summed E-state index contributed by atoms with van der Waals surface area (Å²) in [6.45, 7) is 0. The summed E-state index contributed by atoms with van der Waals surface area (Å²) in [7, 11) is 0. The van der Waals surface area contributed by atoms with Crippen molar-refractivity contribution in [2.75, 3.05) is 0 Å². The van der Waals surface area contributed by atoms with Crippen molar-refractivity contribution in [2.45, 2.75) is 0 Å². The molecule has 0 bridgehead atoms. The van der Waals surface area contributed by atoms with Crippen LogP contribution in [0.2, 0.25) is 0 Å². The van der Waals surface area contributed by atoms with Crippen molar-refractivity contribution < 1.29 is 4.42 Å². The van der Waals surface area contributed by atoms with Gasteiger partial charge in [-0.15, -0.1) is 0 Å². The molecular weight excluding hydrogens is 502 g/mol. The van der Waals surface area contributed by atoms with E-state index in [1.807, 2.05) is 24.3 Å². The van der Waals surface area contributed by atoms with Crippen LogP contribution in [0.3, 0.4) is 0 Å². The van der Waals surface area contributed by atoms with Crippen LogP contribution in [0, 0.1) is 0 Å². The second-order valence-corrected chi connectivity index (χ2v) is 10.5. The highest BCUT2D eigenvalue weighted by Crippen LogP contribution is 2.39. The fourth-order valence-corrected chi connectivity index (χ4v) is 6.31. The standard InChI is InChI=1S/C37H23N3O/c1-2-10-25(11-3-1)39-32-15-7-4-12-27(32)29-22-30-28-13-5-8-16-33(28)40(35(30)23-34(29)39)26-20-18-24(19-21-26)37-38-31-14-6-9-17-36(31)41-37/h1-23H. The predicted molar refractivity (Wildman–Crippen MR) is 168 cm³/mol. The van der Waals surface area contributed by atoms with Gasteiger partial charge in [-0.25, -0.2) is 4.98 Å². The summed E-state index contributed by atoms with van der Waals surface area (Å²) in [6.07, 6.45) is 0. The molecule has 0 radical (unpaired) electrons. The first kappa shape index (κ1) is 22.2. The van der Waals surface area contributed by atoms with E-state index in [0.29, 0.717) is 5.89 Å². The monoisotopic (exact) mass is 525 g/mol. The van der Waals surface area contributed by atoms with Crippen LogP contribution in [-0.4, -0.2) is 14.1 Å². The molecule has 9 rings (SSSR count). The Labute approximate surface area is 235 Å². The fraction of sp³-hybridized carbons (Fsp3) is 0. The number of fused-ring (bicyclic) bond motifs is 7. The maximum atomic E-state index is 6.04. The number of rotatable bonds is 3. The van der Waals surface area contributed by atoms with Crippen LogP contribution in [0.1, 0.15) is 0 Å². The minimum absolute atomic E-state index is 0.633. The van der Waals surface area contributed by atoms with Gasteiger partial charge in [0, 0.05) is 38.5 Å². The summed E-state index contributed by atoms with van der Waals surface area (Å²) in [5.74, 6) is 0.633. The number of benzene rings is 6. The van der Waals surface area contributed by atoms with Gasteiger partial charge in [0.05, 0.1) is 22.1 Å². The average Bonchev–Trinajstić information content (AvgIpc) is 3.70. The van der Waals surface area contributed by atoms with E-state index in [4.69, 9.17) is 9.40 Å². The molecule has 4 nitrogen and oxygen atoms in total. The second-order valence-electron chi connectivity index (χ2n) is 10.5. The van der Waals surface area contributed by atoms with Crippen LogP contribution >= 0.6 is 0 Å². The number of nitrogens with zero attached hydrogens (tertiary/aromatic N) is 3. The molecule has 0 amide bonds. The van der Waals surface area contributed by atoms with Crippen LogP contribution in [0.5, 0.6) is 0 Å². The Hall–Kier alpha value is -5.61. The van der Waals surface area contributed by atoms with E-state index >= 15 is 0 Å². The average molecular weight is 526 g/mol. The third-order valence-corrected chi connectivity index (χ3v) is 8.15. The van der Waals surface area contributed by atoms with Crippen molar-refractivity contribution in [3.63, 3.8) is 0 Å². The topological polar surface area (TPSA) is 35.9 Å². The zero-order valence-corrected chi connectivity index (χ0v) is 22.0. The molecule has 0 aliphatic rings. The second kappa shape index (κ2) is 8.44. The van der Waals surface area contributed by atoms with Gasteiger partial charge in [0.25, 0.3) is 0 Å². The minimum atomic E-state index is 0.633. The van der Waals surface area contributed by atoms with E-state index in [1.54, 1.807) is 0 Å². The van der Waals surface area contributed by atoms with Gasteiger partial charge in [0.2, 0.25) is 5.89 Å². The molecule has 0 unspecified atom stereocenters. The summed E-state index contributed by atoms with van der Waals surface area (Å²) in [6, 6.07) is 49.1. The highest BCUT2D eigenvalue weighted by molar-refractivity contribution is 6.19. The molecule has 0 spiro atoms. The summed E-state index contributed by atoms with van der Waals surface area (Å²) >= 11 is 0. The highest BCUT2D eigenvalue weighted by atomic mass is 16.3. The molecule has 192 valence electrons. The molecule has 41 heavy (non-hydrogen) atoms. The first-order valence-electron chi connectivity index (χ1n) is 13.8. The van der Waals surface area contributed by atoms with E-state index in [2.05, 4.69) is 124 Å². The van der Waals surface area contributed by atoms with Gasteiger partial charge in [-0.05, 0) is 72.8 Å². The smallest absolute Gasteiger partial charge is 0.227 e. The zero-order valence-electron chi connectivity index (χ0n) is 22.0. The highest BCUT2D eigenvalue weighted by Gasteiger charge is 2.18. The molecule has 9 aromatic rings. The predicted octanol–water partition coefficient (Wildman–Crippen LogP) is 9.69. The van der Waals surface area contributed by atoms with Crippen molar-refractivity contribution in [1.29, 1.82) is 0 Å². The SMILES string of the molecule is c1ccc(-n2c3ccccc3c3cc4c5ccccc5n(-c5ccc(-c6nc7ccccc7o6)cc5)c4cc32)cc1. The van der Waals surface area contributed by atoms with Gasteiger partial charge in [0.15, 0.2) is 5.58 Å². The Kier molecular flexibility index (Phi) is 4.58. The van der Waals surface area contributed by atoms with Crippen molar-refractivity contribution >= 4 is 54.7 Å². The molecule has 3 heterocycles. The molecule has 0 saturated heterocycles. The van der Waals surface area contributed by atoms with E-state index in [1.165, 1.54) is 43.6 Å². The minimum Gasteiger partial charge on any atom is -0.436 e. The Morgan fingerprint density at radius 1 is 0.439 bits per heavy atom. The molecule has 0 aliphatic heterocycles. The lowest BCUT2D eigenvalue weighted by Crippen LogP contribution is -1.95. The van der Waals surface area contributed by atoms with Crippen LogP contribution in [0.25, 0.3) is 77.5 Å². The van der Waals surface area contributed by atoms with Gasteiger partial charge >= 0.3 is 0 Å². The third-order valence-electron chi connectivity index (χ3n) is 8.15. The molecule has 0 atom stereocenters. The van der Waals surface area contributed by atoms with Gasteiger partial charge in [-0.3, -0.25) is 0 Å². The summed E-state index contributed by atoms with van der Waals surface area (Å²) in [4.78, 5) is 4.69. The van der Waals surface area contributed by atoms with E-state index in [9.17, 15) is 0 Å². The fourth-order valence-electron chi connectivity index (χ4n) is 6.31. The van der Waals surface area contributed by atoms with Crippen molar-refractivity contribution in [2.24, 2.45) is 0 Å². The molecule has 0 fully saturated rings. The Bertz CT molecular complexity index is 2370. The molecular formula is C37H23N3O. The maximum absolute atomic E-state index is 6.04. The summed E-state index contributed by atoms with van der Waals surface area (Å²) < 4.78 is 10.8. The molecule has 0 saturated carbocycles. The first-order chi connectivity index (χ1) is 20.3. The molecule has 0 N–H and O–H groups in total. The largest absolute Gasteiger partial charge is 0.436 e. The van der Waals surface area contributed by atoms with Crippen molar-refractivity contribution in [3.05, 3.63) is 140 Å². The normalized spacial score (nSPS) is 11.9. The van der Waals surface area contributed by atoms with E-state index in [-0.39, 0.29) is 0 Å². The van der Waals surface area contributed by atoms with Gasteiger partial charge in [-0.2, -0.15) is 0 Å². The Balaban J connectivity index is 1.31. The molecule has 0 aliphatic carbocycles. The lowest BCUT2D eigenvalue weighted by Gasteiger charge is -2.10. The third kappa shape index (κ3) is 3.25.